The molecule has 1 unspecified atom stereocenters. The van der Waals surface area contributed by atoms with E-state index >= 15 is 0 Å². The van der Waals surface area contributed by atoms with Gasteiger partial charge in [-0.3, -0.25) is 4.79 Å². The van der Waals surface area contributed by atoms with E-state index in [1.54, 1.807) is 0 Å². The Morgan fingerprint density at radius 3 is 2.48 bits per heavy atom. The molecule has 0 bridgehead atoms. The van der Waals surface area contributed by atoms with Gasteiger partial charge in [-0.15, -0.1) is 0 Å². The van der Waals surface area contributed by atoms with Crippen LogP contribution in [0.15, 0.2) is 24.3 Å². The molecule has 1 aliphatic rings. The summed E-state index contributed by atoms with van der Waals surface area (Å²) in [5.74, 6) is 0.889. The van der Waals surface area contributed by atoms with Crippen LogP contribution >= 0.6 is 0 Å². The Morgan fingerprint density at radius 1 is 1.19 bits per heavy atom. The molecule has 0 radical (unpaired) electrons. The molecular weight excluding hydrogens is 260 g/mol. The average molecular weight is 288 g/mol. The minimum Gasteiger partial charge on any atom is -0.304 e. The maximum Gasteiger partial charge on any atom is 0.138 e. The Labute approximate surface area is 128 Å². The quantitative estimate of drug-likeness (QED) is 0.832. The number of carbonyl (C=O) groups excluding carboxylic acids is 1. The van der Waals surface area contributed by atoms with Crippen molar-refractivity contribution in [1.29, 1.82) is 0 Å². The number of likely N-dealkylation sites (N-methyl/N-ethyl adjacent to an activating group) is 2. The summed E-state index contributed by atoms with van der Waals surface area (Å²) >= 11 is 0. The van der Waals surface area contributed by atoms with Crippen LogP contribution in [0.25, 0.3) is 0 Å². The molecule has 21 heavy (non-hydrogen) atoms. The summed E-state index contributed by atoms with van der Waals surface area (Å²) in [4.78, 5) is 16.9. The minimum atomic E-state index is 0.347. The molecule has 1 heterocycles. The van der Waals surface area contributed by atoms with Crippen LogP contribution in [0.3, 0.4) is 0 Å². The van der Waals surface area contributed by atoms with Gasteiger partial charge in [0.25, 0.3) is 0 Å². The summed E-state index contributed by atoms with van der Waals surface area (Å²) in [6, 6.07) is 8.86. The fraction of sp³-hybridized carbons (Fsp3) is 0.611. The third-order valence-corrected chi connectivity index (χ3v) is 4.49. The first kappa shape index (κ1) is 16.2. The first-order valence-corrected chi connectivity index (χ1v) is 7.95. The molecule has 0 N–H and O–H groups in total. The van der Waals surface area contributed by atoms with Crippen LogP contribution in [0.5, 0.6) is 0 Å². The lowest BCUT2D eigenvalue weighted by Crippen LogP contribution is -2.50. The van der Waals surface area contributed by atoms with E-state index in [0.29, 0.717) is 30.6 Å². The smallest absolute Gasteiger partial charge is 0.138 e. The normalized spacial score (nSPS) is 20.9. The van der Waals surface area contributed by atoms with Gasteiger partial charge < -0.3 is 9.80 Å². The number of carbonyl (C=O) groups is 1. The lowest BCUT2D eigenvalue weighted by molar-refractivity contribution is -0.120. The van der Waals surface area contributed by atoms with Gasteiger partial charge in [-0.2, -0.15) is 0 Å². The molecule has 1 saturated heterocycles. The Balaban J connectivity index is 1.89. The van der Waals surface area contributed by atoms with Crippen molar-refractivity contribution in [2.75, 3.05) is 33.7 Å². The molecule has 2 rings (SSSR count). The predicted octanol–water partition coefficient (Wildman–Crippen LogP) is 2.56. The molecule has 1 aromatic carbocycles. The number of Topliss-reactive ketones (excluding diaryl/α,β-unsaturated/α-hetero) is 1. The summed E-state index contributed by atoms with van der Waals surface area (Å²) < 4.78 is 0. The monoisotopic (exact) mass is 288 g/mol. The fourth-order valence-electron chi connectivity index (χ4n) is 2.90. The number of nitrogens with zero attached hydrogens (tertiary/aromatic N) is 2. The number of hydrogen-bond acceptors (Lipinski definition) is 3. The molecule has 1 aliphatic heterocycles. The van der Waals surface area contributed by atoms with Crippen molar-refractivity contribution in [2.45, 2.75) is 38.6 Å². The summed E-state index contributed by atoms with van der Waals surface area (Å²) in [6.07, 6.45) is 1.22. The molecule has 0 spiro atoms. The fourth-order valence-corrected chi connectivity index (χ4v) is 2.90. The number of benzene rings is 1. The van der Waals surface area contributed by atoms with Gasteiger partial charge in [0.1, 0.15) is 5.78 Å². The van der Waals surface area contributed by atoms with Crippen molar-refractivity contribution < 1.29 is 4.79 Å². The molecule has 0 aromatic heterocycles. The third kappa shape index (κ3) is 4.65. The summed E-state index contributed by atoms with van der Waals surface area (Å²) in [5.41, 5.74) is 2.47. The molecule has 0 aliphatic carbocycles. The van der Waals surface area contributed by atoms with Crippen molar-refractivity contribution in [3.63, 3.8) is 0 Å². The number of piperazine rings is 1. The first-order valence-electron chi connectivity index (χ1n) is 7.95. The van der Waals surface area contributed by atoms with Gasteiger partial charge in [0, 0.05) is 38.5 Å². The van der Waals surface area contributed by atoms with Gasteiger partial charge in [-0.25, -0.2) is 0 Å². The van der Waals surface area contributed by atoms with Crippen LogP contribution in [0.4, 0.5) is 0 Å². The van der Waals surface area contributed by atoms with Crippen molar-refractivity contribution in [2.24, 2.45) is 0 Å². The first-order chi connectivity index (χ1) is 9.95. The Bertz CT molecular complexity index is 467. The maximum atomic E-state index is 12.3. The highest BCUT2D eigenvalue weighted by atomic mass is 16.1. The zero-order chi connectivity index (χ0) is 15.4. The standard InChI is InChI=1S/C18H28N2O/c1-14(2)16-7-5-15(6-8-16)11-18(21)12-17-13-19(3)9-10-20(17)4/h5-8,14,17H,9-13H2,1-4H3. The zero-order valence-corrected chi connectivity index (χ0v) is 13.8. The third-order valence-electron chi connectivity index (χ3n) is 4.49. The van der Waals surface area contributed by atoms with Crippen LogP contribution in [-0.4, -0.2) is 55.4 Å². The molecule has 0 amide bonds. The molecule has 1 fully saturated rings. The molecule has 1 atom stereocenters. The molecule has 1 aromatic rings. The van der Waals surface area contributed by atoms with E-state index in [1.807, 2.05) is 0 Å². The lowest BCUT2D eigenvalue weighted by Gasteiger charge is -2.37. The molecule has 0 saturated carbocycles. The highest BCUT2D eigenvalue weighted by Crippen LogP contribution is 2.16. The number of hydrogen-bond donors (Lipinski definition) is 0. The van der Waals surface area contributed by atoms with E-state index in [9.17, 15) is 4.79 Å². The summed E-state index contributed by atoms with van der Waals surface area (Å²) in [5, 5.41) is 0. The molecular formula is C18H28N2O. The number of ketones is 1. The van der Waals surface area contributed by atoms with E-state index in [2.05, 4.69) is 62.0 Å². The van der Waals surface area contributed by atoms with E-state index in [4.69, 9.17) is 0 Å². The van der Waals surface area contributed by atoms with Gasteiger partial charge in [-0.05, 0) is 31.1 Å². The van der Waals surface area contributed by atoms with Crippen molar-refractivity contribution in [1.82, 2.24) is 9.80 Å². The van der Waals surface area contributed by atoms with Gasteiger partial charge in [0.15, 0.2) is 0 Å². The van der Waals surface area contributed by atoms with Gasteiger partial charge >= 0.3 is 0 Å². The van der Waals surface area contributed by atoms with Crippen molar-refractivity contribution in [3.05, 3.63) is 35.4 Å². The van der Waals surface area contributed by atoms with Crippen LogP contribution in [-0.2, 0) is 11.2 Å². The van der Waals surface area contributed by atoms with Crippen molar-refractivity contribution in [3.8, 4) is 0 Å². The SMILES string of the molecule is CC(C)c1ccc(CC(=O)CC2CN(C)CCN2C)cc1. The Morgan fingerprint density at radius 2 is 1.86 bits per heavy atom. The van der Waals surface area contributed by atoms with Crippen LogP contribution in [0.1, 0.15) is 37.3 Å². The predicted molar refractivity (Wildman–Crippen MR) is 87.8 cm³/mol. The average Bonchev–Trinajstić information content (AvgIpc) is 2.43. The lowest BCUT2D eigenvalue weighted by atomic mass is 9.98. The van der Waals surface area contributed by atoms with Gasteiger partial charge in [0.2, 0.25) is 0 Å². The van der Waals surface area contributed by atoms with E-state index in [1.165, 1.54) is 5.56 Å². The summed E-state index contributed by atoms with van der Waals surface area (Å²) in [6.45, 7) is 7.52. The second-order valence-electron chi connectivity index (χ2n) is 6.71. The van der Waals surface area contributed by atoms with Crippen LogP contribution < -0.4 is 0 Å². The summed E-state index contributed by atoms with van der Waals surface area (Å²) in [7, 11) is 4.26. The van der Waals surface area contributed by atoms with Gasteiger partial charge in [-0.1, -0.05) is 38.1 Å². The highest BCUT2D eigenvalue weighted by Gasteiger charge is 2.24. The van der Waals surface area contributed by atoms with E-state index in [0.717, 1.165) is 25.2 Å². The highest BCUT2D eigenvalue weighted by molar-refractivity contribution is 5.81. The second kappa shape index (κ2) is 7.19. The van der Waals surface area contributed by atoms with E-state index < -0.39 is 0 Å². The topological polar surface area (TPSA) is 23.6 Å². The van der Waals surface area contributed by atoms with Gasteiger partial charge in [0.05, 0.1) is 0 Å². The Hall–Kier alpha value is -1.19. The molecule has 116 valence electrons. The van der Waals surface area contributed by atoms with Crippen LogP contribution in [0, 0.1) is 0 Å². The van der Waals surface area contributed by atoms with E-state index in [-0.39, 0.29) is 0 Å². The van der Waals surface area contributed by atoms with Crippen LogP contribution in [0.2, 0.25) is 0 Å². The maximum absolute atomic E-state index is 12.3. The second-order valence-corrected chi connectivity index (χ2v) is 6.71. The van der Waals surface area contributed by atoms with Crippen molar-refractivity contribution >= 4 is 5.78 Å². The minimum absolute atomic E-state index is 0.347. The molecule has 3 heteroatoms. The Kier molecular flexibility index (Phi) is 5.54. The zero-order valence-electron chi connectivity index (χ0n) is 13.8. The molecule has 3 nitrogen and oxygen atoms in total. The largest absolute Gasteiger partial charge is 0.304 e. The number of rotatable bonds is 5.